The molecule has 1 heterocycles. The Morgan fingerprint density at radius 3 is 2.63 bits per heavy atom. The zero-order valence-electron chi connectivity index (χ0n) is 10.7. The molecule has 0 spiro atoms. The lowest BCUT2D eigenvalue weighted by molar-refractivity contribution is -0.123. The van der Waals surface area contributed by atoms with Crippen LogP contribution in [0.2, 0.25) is 0 Å². The topological polar surface area (TPSA) is 38.3 Å². The van der Waals surface area contributed by atoms with Crippen LogP contribution < -0.4 is 10.1 Å². The largest absolute Gasteiger partial charge is 0.473 e. The van der Waals surface area contributed by atoms with E-state index in [0.29, 0.717) is 0 Å². The van der Waals surface area contributed by atoms with Gasteiger partial charge in [0.2, 0.25) is 6.10 Å². The summed E-state index contributed by atoms with van der Waals surface area (Å²) in [6, 6.07) is 15.4. The van der Waals surface area contributed by atoms with Crippen LogP contribution in [0.5, 0.6) is 5.75 Å². The van der Waals surface area contributed by atoms with Gasteiger partial charge in [-0.05, 0) is 18.1 Å². The molecular weight excluding hydrogens is 238 g/mol. The van der Waals surface area contributed by atoms with E-state index in [2.05, 4.69) is 12.2 Å². The van der Waals surface area contributed by atoms with Gasteiger partial charge in [0.15, 0.2) is 0 Å². The van der Waals surface area contributed by atoms with Crippen molar-refractivity contribution in [2.45, 2.75) is 19.4 Å². The Balaban J connectivity index is 2.01. The Morgan fingerprint density at radius 1 is 1.11 bits per heavy atom. The highest BCUT2D eigenvalue weighted by molar-refractivity contribution is 5.98. The summed E-state index contributed by atoms with van der Waals surface area (Å²) >= 11 is 0. The Kier molecular flexibility index (Phi) is 2.95. The molecule has 96 valence electrons. The zero-order valence-corrected chi connectivity index (χ0v) is 10.7. The molecule has 1 aliphatic rings. The molecule has 3 rings (SSSR count). The van der Waals surface area contributed by atoms with Gasteiger partial charge in [0, 0.05) is 5.56 Å². The minimum atomic E-state index is -0.568. The van der Waals surface area contributed by atoms with Crippen molar-refractivity contribution in [2.24, 2.45) is 0 Å². The first-order valence-electron chi connectivity index (χ1n) is 6.44. The number of hydrogen-bond acceptors (Lipinski definition) is 2. The SMILES string of the molecule is CCc1cccc2c1OC(c1ccccc1)C(=O)N2. The van der Waals surface area contributed by atoms with E-state index in [1.54, 1.807) is 0 Å². The van der Waals surface area contributed by atoms with Gasteiger partial charge in [0.05, 0.1) is 5.69 Å². The molecule has 2 aromatic rings. The molecule has 0 radical (unpaired) electrons. The third-order valence-electron chi connectivity index (χ3n) is 3.31. The van der Waals surface area contributed by atoms with Crippen LogP contribution in [0.3, 0.4) is 0 Å². The highest BCUT2D eigenvalue weighted by atomic mass is 16.5. The lowest BCUT2D eigenvalue weighted by atomic mass is 10.0. The molecule has 1 aliphatic heterocycles. The second-order valence-corrected chi connectivity index (χ2v) is 4.55. The number of para-hydroxylation sites is 1. The number of hydrogen-bond donors (Lipinski definition) is 1. The number of fused-ring (bicyclic) bond motifs is 1. The molecule has 0 saturated carbocycles. The maximum absolute atomic E-state index is 12.1. The van der Waals surface area contributed by atoms with Gasteiger partial charge < -0.3 is 10.1 Å². The van der Waals surface area contributed by atoms with Crippen molar-refractivity contribution < 1.29 is 9.53 Å². The van der Waals surface area contributed by atoms with Gasteiger partial charge in [-0.3, -0.25) is 4.79 Å². The Hall–Kier alpha value is -2.29. The van der Waals surface area contributed by atoms with E-state index in [1.165, 1.54) is 0 Å². The molecule has 0 aliphatic carbocycles. The van der Waals surface area contributed by atoms with Gasteiger partial charge in [-0.1, -0.05) is 49.4 Å². The van der Waals surface area contributed by atoms with Gasteiger partial charge >= 0.3 is 0 Å². The van der Waals surface area contributed by atoms with Crippen molar-refractivity contribution >= 4 is 11.6 Å². The van der Waals surface area contributed by atoms with Gasteiger partial charge in [-0.15, -0.1) is 0 Å². The molecule has 0 saturated heterocycles. The summed E-state index contributed by atoms with van der Waals surface area (Å²) in [6.07, 6.45) is 0.307. The van der Waals surface area contributed by atoms with E-state index >= 15 is 0 Å². The van der Waals surface area contributed by atoms with Gasteiger partial charge in [-0.25, -0.2) is 0 Å². The monoisotopic (exact) mass is 253 g/mol. The molecule has 0 fully saturated rings. The molecule has 19 heavy (non-hydrogen) atoms. The van der Waals surface area contributed by atoms with Crippen molar-refractivity contribution in [3.05, 3.63) is 59.7 Å². The number of benzene rings is 2. The summed E-state index contributed by atoms with van der Waals surface area (Å²) in [7, 11) is 0. The summed E-state index contributed by atoms with van der Waals surface area (Å²) in [5.41, 5.74) is 2.74. The smallest absolute Gasteiger partial charge is 0.270 e. The maximum Gasteiger partial charge on any atom is 0.270 e. The number of ether oxygens (including phenoxy) is 1. The van der Waals surface area contributed by atoms with Gasteiger partial charge in [0.1, 0.15) is 5.75 Å². The van der Waals surface area contributed by atoms with E-state index in [9.17, 15) is 4.79 Å². The van der Waals surface area contributed by atoms with E-state index in [1.807, 2.05) is 48.5 Å². The second-order valence-electron chi connectivity index (χ2n) is 4.55. The average molecular weight is 253 g/mol. The highest BCUT2D eigenvalue weighted by Gasteiger charge is 2.29. The number of amides is 1. The molecule has 1 amide bonds. The van der Waals surface area contributed by atoms with Crippen LogP contribution in [0.25, 0.3) is 0 Å². The molecule has 0 bridgehead atoms. The van der Waals surface area contributed by atoms with Crippen molar-refractivity contribution in [3.8, 4) is 5.75 Å². The number of anilines is 1. The summed E-state index contributed by atoms with van der Waals surface area (Å²) < 4.78 is 5.94. The van der Waals surface area contributed by atoms with E-state index in [0.717, 1.165) is 29.0 Å². The Labute approximate surface area is 112 Å². The van der Waals surface area contributed by atoms with Crippen LogP contribution >= 0.6 is 0 Å². The Bertz CT molecular complexity index is 607. The van der Waals surface area contributed by atoms with Crippen LogP contribution in [0.4, 0.5) is 5.69 Å². The second kappa shape index (κ2) is 4.76. The van der Waals surface area contributed by atoms with Crippen LogP contribution in [-0.2, 0) is 11.2 Å². The molecule has 0 aromatic heterocycles. The molecule has 3 nitrogen and oxygen atoms in total. The molecular formula is C16H15NO2. The first-order valence-corrected chi connectivity index (χ1v) is 6.44. The predicted molar refractivity (Wildman–Crippen MR) is 74.3 cm³/mol. The fourth-order valence-electron chi connectivity index (χ4n) is 2.32. The van der Waals surface area contributed by atoms with Crippen LogP contribution in [0.15, 0.2) is 48.5 Å². The summed E-state index contributed by atoms with van der Waals surface area (Å²) in [5.74, 6) is 0.672. The first kappa shape index (κ1) is 11.8. The summed E-state index contributed by atoms with van der Waals surface area (Å²) in [5, 5.41) is 2.92. The van der Waals surface area contributed by atoms with E-state index in [-0.39, 0.29) is 5.91 Å². The summed E-state index contributed by atoms with van der Waals surface area (Å²) in [4.78, 5) is 12.1. The Morgan fingerprint density at radius 2 is 1.89 bits per heavy atom. The van der Waals surface area contributed by atoms with E-state index < -0.39 is 6.10 Å². The molecule has 1 N–H and O–H groups in total. The maximum atomic E-state index is 12.1. The molecule has 3 heteroatoms. The number of aryl methyl sites for hydroxylation is 1. The normalized spacial score (nSPS) is 17.3. The van der Waals surface area contributed by atoms with Crippen LogP contribution in [0.1, 0.15) is 24.2 Å². The van der Waals surface area contributed by atoms with Crippen molar-refractivity contribution in [2.75, 3.05) is 5.32 Å². The third kappa shape index (κ3) is 2.08. The van der Waals surface area contributed by atoms with Crippen LogP contribution in [0, 0.1) is 0 Å². The lowest BCUT2D eigenvalue weighted by Gasteiger charge is -2.27. The number of carbonyl (C=O) groups excluding carboxylic acids is 1. The number of nitrogens with one attached hydrogen (secondary N) is 1. The third-order valence-corrected chi connectivity index (χ3v) is 3.31. The van der Waals surface area contributed by atoms with Crippen molar-refractivity contribution in [1.82, 2.24) is 0 Å². The lowest BCUT2D eigenvalue weighted by Crippen LogP contribution is -2.30. The number of rotatable bonds is 2. The quantitative estimate of drug-likeness (QED) is 0.891. The predicted octanol–water partition coefficient (Wildman–Crippen LogP) is 3.32. The minimum Gasteiger partial charge on any atom is -0.473 e. The zero-order chi connectivity index (χ0) is 13.2. The number of carbonyl (C=O) groups is 1. The highest BCUT2D eigenvalue weighted by Crippen LogP contribution is 2.37. The van der Waals surface area contributed by atoms with E-state index in [4.69, 9.17) is 4.74 Å². The standard InChI is InChI=1S/C16H15NO2/c1-2-11-9-6-10-13-14(11)19-15(16(18)17-13)12-7-4-3-5-8-12/h3-10,15H,2H2,1H3,(H,17,18). The van der Waals surface area contributed by atoms with Gasteiger partial charge in [0.25, 0.3) is 5.91 Å². The molecule has 2 aromatic carbocycles. The first-order chi connectivity index (χ1) is 9.29. The van der Waals surface area contributed by atoms with Crippen LogP contribution in [-0.4, -0.2) is 5.91 Å². The fourth-order valence-corrected chi connectivity index (χ4v) is 2.32. The molecule has 1 unspecified atom stereocenters. The summed E-state index contributed by atoms with van der Waals surface area (Å²) in [6.45, 7) is 2.08. The van der Waals surface area contributed by atoms with Gasteiger partial charge in [-0.2, -0.15) is 0 Å². The minimum absolute atomic E-state index is 0.119. The van der Waals surface area contributed by atoms with Crippen molar-refractivity contribution in [1.29, 1.82) is 0 Å². The fraction of sp³-hybridized carbons (Fsp3) is 0.188. The van der Waals surface area contributed by atoms with Crippen molar-refractivity contribution in [3.63, 3.8) is 0 Å². The molecule has 1 atom stereocenters. The average Bonchev–Trinajstić information content (AvgIpc) is 2.46.